The Balaban J connectivity index is 0.00000576. The van der Waals surface area contributed by atoms with E-state index in [1.165, 1.54) is 32.0 Å². The zero-order valence-electron chi connectivity index (χ0n) is 15.0. The van der Waals surface area contributed by atoms with E-state index in [1.807, 2.05) is 0 Å². The molecule has 0 bridgehead atoms. The van der Waals surface area contributed by atoms with Crippen LogP contribution in [0.3, 0.4) is 0 Å². The fourth-order valence-corrected chi connectivity index (χ4v) is 1.81. The van der Waals surface area contributed by atoms with Gasteiger partial charge in [-0.15, -0.1) is 12.4 Å². The summed E-state index contributed by atoms with van der Waals surface area (Å²) in [7, 11) is 0. The first kappa shape index (κ1) is 23.0. The summed E-state index contributed by atoms with van der Waals surface area (Å²) < 4.78 is 10.1. The second-order valence-corrected chi connectivity index (χ2v) is 7.05. The SMILES string of the molecule is CC(OC(=O)C(C)(C)C)OC(=O)[C@@](C)(N)Cc1ccc(O)c(O)c1.Cl. The monoisotopic (exact) mass is 375 g/mol. The van der Waals surface area contributed by atoms with Crippen molar-refractivity contribution in [3.63, 3.8) is 0 Å². The highest BCUT2D eigenvalue weighted by Crippen LogP contribution is 2.26. The summed E-state index contributed by atoms with van der Waals surface area (Å²) in [6.07, 6.45) is -1.00. The third-order valence-corrected chi connectivity index (χ3v) is 3.24. The van der Waals surface area contributed by atoms with Gasteiger partial charge in [0.25, 0.3) is 0 Å². The normalized spacial score (nSPS) is 14.6. The largest absolute Gasteiger partial charge is 0.504 e. The zero-order chi connectivity index (χ0) is 18.7. The Morgan fingerprint density at radius 3 is 2.08 bits per heavy atom. The molecule has 0 aliphatic heterocycles. The maximum atomic E-state index is 12.2. The number of carbonyl (C=O) groups excluding carboxylic acids is 2. The van der Waals surface area contributed by atoms with Crippen LogP contribution < -0.4 is 5.73 Å². The lowest BCUT2D eigenvalue weighted by Gasteiger charge is -2.26. The van der Waals surface area contributed by atoms with Crippen molar-refractivity contribution in [3.8, 4) is 11.5 Å². The standard InChI is InChI=1S/C17H25NO6.ClH/c1-10(23-14(21)16(2,3)4)24-15(22)17(5,18)9-11-6-7-12(19)13(20)8-11;/h6-8,10,19-20H,9,18H2,1-5H3;1H/t10?,17-;/m0./s1. The van der Waals surface area contributed by atoms with Crippen LogP contribution in [0.25, 0.3) is 0 Å². The van der Waals surface area contributed by atoms with Gasteiger partial charge < -0.3 is 25.4 Å². The Morgan fingerprint density at radius 1 is 1.08 bits per heavy atom. The summed E-state index contributed by atoms with van der Waals surface area (Å²) in [6.45, 7) is 7.97. The molecule has 1 aromatic carbocycles. The molecule has 0 heterocycles. The molecule has 8 heteroatoms. The summed E-state index contributed by atoms with van der Waals surface area (Å²) in [5.41, 5.74) is 4.42. The predicted molar refractivity (Wildman–Crippen MR) is 94.4 cm³/mol. The molecular weight excluding hydrogens is 350 g/mol. The van der Waals surface area contributed by atoms with E-state index in [9.17, 15) is 19.8 Å². The second kappa shape index (κ2) is 8.40. The molecule has 1 unspecified atom stereocenters. The molecule has 0 saturated heterocycles. The predicted octanol–water partition coefficient (Wildman–Crippen LogP) is 2.26. The molecule has 0 fully saturated rings. The van der Waals surface area contributed by atoms with Crippen LogP contribution in [0.2, 0.25) is 0 Å². The highest BCUT2D eigenvalue weighted by molar-refractivity contribution is 5.85. The molecule has 0 aliphatic carbocycles. The van der Waals surface area contributed by atoms with Crippen molar-refractivity contribution in [1.29, 1.82) is 0 Å². The minimum absolute atomic E-state index is 0. The van der Waals surface area contributed by atoms with Crippen molar-refractivity contribution in [2.45, 2.75) is 52.9 Å². The minimum atomic E-state index is -1.40. The third-order valence-electron chi connectivity index (χ3n) is 3.24. The van der Waals surface area contributed by atoms with Crippen molar-refractivity contribution >= 4 is 24.3 Å². The van der Waals surface area contributed by atoms with E-state index in [0.29, 0.717) is 5.56 Å². The van der Waals surface area contributed by atoms with Gasteiger partial charge >= 0.3 is 11.9 Å². The van der Waals surface area contributed by atoms with E-state index in [-0.39, 0.29) is 30.3 Å². The Labute approximate surface area is 153 Å². The second-order valence-electron chi connectivity index (χ2n) is 7.05. The van der Waals surface area contributed by atoms with Gasteiger partial charge in [-0.2, -0.15) is 0 Å². The highest BCUT2D eigenvalue weighted by atomic mass is 35.5. The van der Waals surface area contributed by atoms with Gasteiger partial charge in [0.2, 0.25) is 6.29 Å². The Morgan fingerprint density at radius 2 is 1.60 bits per heavy atom. The van der Waals surface area contributed by atoms with Crippen molar-refractivity contribution in [3.05, 3.63) is 23.8 Å². The van der Waals surface area contributed by atoms with Crippen LogP contribution in [0.5, 0.6) is 11.5 Å². The van der Waals surface area contributed by atoms with Gasteiger partial charge in [0.15, 0.2) is 11.5 Å². The van der Waals surface area contributed by atoms with Crippen LogP contribution >= 0.6 is 12.4 Å². The molecule has 2 atom stereocenters. The number of phenols is 2. The molecular formula is C17H26ClNO6. The third kappa shape index (κ3) is 6.80. The minimum Gasteiger partial charge on any atom is -0.504 e. The lowest BCUT2D eigenvalue weighted by atomic mass is 9.94. The average molecular weight is 376 g/mol. The molecule has 4 N–H and O–H groups in total. The lowest BCUT2D eigenvalue weighted by molar-refractivity contribution is -0.193. The van der Waals surface area contributed by atoms with Gasteiger partial charge in [0.05, 0.1) is 5.41 Å². The highest BCUT2D eigenvalue weighted by Gasteiger charge is 2.33. The van der Waals surface area contributed by atoms with E-state index in [0.717, 1.165) is 0 Å². The number of aromatic hydroxyl groups is 2. The zero-order valence-corrected chi connectivity index (χ0v) is 15.8. The summed E-state index contributed by atoms with van der Waals surface area (Å²) in [6, 6.07) is 4.16. The molecule has 1 aromatic rings. The van der Waals surface area contributed by atoms with Crippen LogP contribution in [0.1, 0.15) is 40.2 Å². The van der Waals surface area contributed by atoms with Crippen molar-refractivity contribution in [2.24, 2.45) is 11.1 Å². The van der Waals surface area contributed by atoms with Gasteiger partial charge in [0, 0.05) is 13.3 Å². The van der Waals surface area contributed by atoms with Crippen molar-refractivity contribution in [2.75, 3.05) is 0 Å². The van der Waals surface area contributed by atoms with Gasteiger partial charge in [0.1, 0.15) is 5.54 Å². The lowest BCUT2D eigenvalue weighted by Crippen LogP contribution is -2.49. The number of carbonyl (C=O) groups is 2. The van der Waals surface area contributed by atoms with Gasteiger partial charge in [-0.05, 0) is 45.4 Å². The summed E-state index contributed by atoms with van der Waals surface area (Å²) >= 11 is 0. The first-order valence-electron chi connectivity index (χ1n) is 7.55. The maximum Gasteiger partial charge on any atom is 0.329 e. The number of phenolic OH excluding ortho intramolecular Hbond substituents is 2. The smallest absolute Gasteiger partial charge is 0.329 e. The molecule has 25 heavy (non-hydrogen) atoms. The summed E-state index contributed by atoms with van der Waals surface area (Å²) in [5, 5.41) is 18.8. The van der Waals surface area contributed by atoms with E-state index >= 15 is 0 Å². The van der Waals surface area contributed by atoms with Crippen molar-refractivity contribution in [1.82, 2.24) is 0 Å². The molecule has 0 amide bonds. The summed E-state index contributed by atoms with van der Waals surface area (Å²) in [5.74, 6) is -1.80. The first-order chi connectivity index (χ1) is 10.8. The van der Waals surface area contributed by atoms with Gasteiger partial charge in [-0.3, -0.25) is 4.79 Å². The molecule has 0 spiro atoms. The number of rotatable bonds is 5. The Bertz CT molecular complexity index is 624. The molecule has 7 nitrogen and oxygen atoms in total. The molecule has 142 valence electrons. The number of esters is 2. The van der Waals surface area contributed by atoms with Crippen LogP contribution in [0.4, 0.5) is 0 Å². The van der Waals surface area contributed by atoms with Crippen LogP contribution in [0, 0.1) is 5.41 Å². The molecule has 1 rings (SSSR count). The number of hydrogen-bond donors (Lipinski definition) is 3. The number of nitrogens with two attached hydrogens (primary N) is 1. The molecule has 0 aliphatic rings. The van der Waals surface area contributed by atoms with Crippen LogP contribution in [0.15, 0.2) is 18.2 Å². The first-order valence-corrected chi connectivity index (χ1v) is 7.55. The van der Waals surface area contributed by atoms with Crippen molar-refractivity contribution < 1.29 is 29.3 Å². The fourth-order valence-electron chi connectivity index (χ4n) is 1.81. The maximum absolute atomic E-state index is 12.2. The Kier molecular flexibility index (Phi) is 7.73. The summed E-state index contributed by atoms with van der Waals surface area (Å²) in [4.78, 5) is 24.0. The molecule has 0 radical (unpaired) electrons. The van der Waals surface area contributed by atoms with E-state index in [4.69, 9.17) is 15.2 Å². The number of hydrogen-bond acceptors (Lipinski definition) is 7. The van der Waals surface area contributed by atoms with E-state index in [1.54, 1.807) is 20.8 Å². The number of benzene rings is 1. The topological polar surface area (TPSA) is 119 Å². The number of halogens is 1. The average Bonchev–Trinajstić information content (AvgIpc) is 2.41. The van der Waals surface area contributed by atoms with Crippen LogP contribution in [-0.4, -0.2) is 34.0 Å². The van der Waals surface area contributed by atoms with E-state index < -0.39 is 29.2 Å². The molecule has 0 aromatic heterocycles. The molecule has 0 saturated carbocycles. The van der Waals surface area contributed by atoms with Gasteiger partial charge in [-0.1, -0.05) is 6.07 Å². The fraction of sp³-hybridized carbons (Fsp3) is 0.529. The van der Waals surface area contributed by atoms with Crippen LogP contribution in [-0.2, 0) is 25.5 Å². The van der Waals surface area contributed by atoms with Gasteiger partial charge in [-0.25, -0.2) is 4.79 Å². The van der Waals surface area contributed by atoms with E-state index in [2.05, 4.69) is 0 Å². The quantitative estimate of drug-likeness (QED) is 0.410. The Hall–Kier alpha value is -1.99. The number of ether oxygens (including phenoxy) is 2.